The number of ether oxygens (including phenoxy) is 1. The molecule has 1 N–H and O–H groups in total. The number of fused-ring (bicyclic) bond motifs is 3. The van der Waals surface area contributed by atoms with Crippen LogP contribution in [0.3, 0.4) is 0 Å². The minimum absolute atomic E-state index is 0.0106. The Kier molecular flexibility index (Phi) is 5.67. The number of carbonyl (C=O) groups excluding carboxylic acids is 2. The summed E-state index contributed by atoms with van der Waals surface area (Å²) in [5, 5.41) is 9.62. The number of aromatic hydroxyl groups is 1. The first-order valence-electron chi connectivity index (χ1n) is 11.6. The second-order valence-electron chi connectivity index (χ2n) is 9.40. The molecule has 0 bridgehead atoms. The van der Waals surface area contributed by atoms with Crippen LogP contribution in [-0.4, -0.2) is 41.6 Å². The van der Waals surface area contributed by atoms with E-state index in [1.165, 1.54) is 21.6 Å². The van der Waals surface area contributed by atoms with Gasteiger partial charge in [0.05, 0.1) is 24.5 Å². The van der Waals surface area contributed by atoms with Crippen molar-refractivity contribution >= 4 is 23.5 Å². The van der Waals surface area contributed by atoms with Crippen LogP contribution in [0.1, 0.15) is 37.3 Å². The van der Waals surface area contributed by atoms with Gasteiger partial charge in [0.15, 0.2) is 0 Å². The number of carbonyl (C=O) groups is 2. The second kappa shape index (κ2) is 8.64. The molecule has 0 saturated carbocycles. The zero-order valence-electron chi connectivity index (χ0n) is 19.0. The summed E-state index contributed by atoms with van der Waals surface area (Å²) in [4.78, 5) is 26.6. The monoisotopic (exact) mass is 443 g/mol. The number of benzene rings is 2. The summed E-state index contributed by atoms with van der Waals surface area (Å²) in [6.45, 7) is 2.61. The van der Waals surface area contributed by atoms with Crippen molar-refractivity contribution in [1.82, 2.24) is 4.90 Å². The largest absolute Gasteiger partial charge is 0.508 e. The van der Waals surface area contributed by atoms with Crippen LogP contribution in [0.25, 0.3) is 11.6 Å². The highest BCUT2D eigenvalue weighted by Gasteiger charge is 2.55. The highest BCUT2D eigenvalue weighted by Crippen LogP contribution is 2.49. The lowest BCUT2D eigenvalue weighted by molar-refractivity contribution is -0.138. The van der Waals surface area contributed by atoms with E-state index in [0.29, 0.717) is 13.0 Å². The smallest absolute Gasteiger partial charge is 0.233 e. The molecule has 33 heavy (non-hydrogen) atoms. The van der Waals surface area contributed by atoms with Gasteiger partial charge in [0.2, 0.25) is 11.8 Å². The molecular formula is C28H29NO4. The van der Waals surface area contributed by atoms with E-state index in [2.05, 4.69) is 25.1 Å². The van der Waals surface area contributed by atoms with Gasteiger partial charge in [-0.25, -0.2) is 0 Å². The minimum Gasteiger partial charge on any atom is -0.508 e. The average molecular weight is 444 g/mol. The molecule has 2 aromatic rings. The van der Waals surface area contributed by atoms with Gasteiger partial charge < -0.3 is 9.84 Å². The highest BCUT2D eigenvalue weighted by molar-refractivity contribution is 6.05. The molecule has 170 valence electrons. The van der Waals surface area contributed by atoms with E-state index in [4.69, 9.17) is 4.74 Å². The summed E-state index contributed by atoms with van der Waals surface area (Å²) in [6.07, 6.45) is 4.42. The normalized spacial score (nSPS) is 27.2. The Morgan fingerprint density at radius 2 is 1.79 bits per heavy atom. The fraction of sp³-hybridized carbons (Fsp3) is 0.357. The summed E-state index contributed by atoms with van der Waals surface area (Å²) < 4.78 is 6.25. The molecule has 1 aliphatic carbocycles. The molecule has 5 nitrogen and oxygen atoms in total. The van der Waals surface area contributed by atoms with Crippen molar-refractivity contribution in [3.05, 3.63) is 76.9 Å². The standard InChI is InChI=1S/C28H29NO4/c1-17-14-22-26(28(32)29(2)27(22)31)23-16-33-24(25(17)23)13-10-20(19-6-4-3-5-7-19)15-18-8-11-21(30)12-9-18/h3-9,11-12,15,22-24,26,30H,10,13-14,16H2,1-2H3/b20-15-/t22-,23+,24-,26-/m1/s1. The molecule has 2 aliphatic heterocycles. The number of likely N-dealkylation sites (tertiary alicyclic amines) is 1. The lowest BCUT2D eigenvalue weighted by atomic mass is 9.70. The Morgan fingerprint density at radius 1 is 1.06 bits per heavy atom. The van der Waals surface area contributed by atoms with Crippen molar-refractivity contribution < 1.29 is 19.4 Å². The van der Waals surface area contributed by atoms with Crippen molar-refractivity contribution in [2.75, 3.05) is 13.7 Å². The maximum atomic E-state index is 12.8. The molecule has 0 aromatic heterocycles. The Bertz CT molecular complexity index is 1130. The fourth-order valence-corrected chi connectivity index (χ4v) is 5.80. The summed E-state index contributed by atoms with van der Waals surface area (Å²) >= 11 is 0. The number of hydrogen-bond acceptors (Lipinski definition) is 4. The molecule has 2 aromatic carbocycles. The predicted molar refractivity (Wildman–Crippen MR) is 127 cm³/mol. The Hall–Kier alpha value is -3.18. The van der Waals surface area contributed by atoms with Gasteiger partial charge in [0, 0.05) is 13.0 Å². The topological polar surface area (TPSA) is 66.8 Å². The van der Waals surface area contributed by atoms with Crippen LogP contribution in [0, 0.1) is 17.8 Å². The van der Waals surface area contributed by atoms with Crippen molar-refractivity contribution in [3.63, 3.8) is 0 Å². The highest BCUT2D eigenvalue weighted by atomic mass is 16.5. The van der Waals surface area contributed by atoms with E-state index in [0.717, 1.165) is 24.0 Å². The number of nitrogens with zero attached hydrogens (tertiary/aromatic N) is 1. The van der Waals surface area contributed by atoms with Gasteiger partial charge in [-0.05, 0) is 60.6 Å². The third kappa shape index (κ3) is 3.91. The van der Waals surface area contributed by atoms with E-state index in [1.807, 2.05) is 30.3 Å². The molecule has 5 heteroatoms. The number of hydrogen-bond donors (Lipinski definition) is 1. The van der Waals surface area contributed by atoms with E-state index < -0.39 is 0 Å². The van der Waals surface area contributed by atoms with E-state index in [1.54, 1.807) is 19.2 Å². The maximum absolute atomic E-state index is 12.8. The van der Waals surface area contributed by atoms with Crippen molar-refractivity contribution in [2.45, 2.75) is 32.3 Å². The molecule has 2 amide bonds. The number of phenols is 1. The fourth-order valence-electron chi connectivity index (χ4n) is 5.80. The second-order valence-corrected chi connectivity index (χ2v) is 9.40. The Labute approximate surface area is 194 Å². The molecule has 2 fully saturated rings. The molecule has 2 heterocycles. The summed E-state index contributed by atoms with van der Waals surface area (Å²) in [5.74, 6) is -0.337. The minimum atomic E-state index is -0.271. The predicted octanol–water partition coefficient (Wildman–Crippen LogP) is 4.68. The van der Waals surface area contributed by atoms with Crippen LogP contribution < -0.4 is 0 Å². The molecule has 3 aliphatic rings. The first-order valence-corrected chi connectivity index (χ1v) is 11.6. The summed E-state index contributed by atoms with van der Waals surface area (Å²) in [6, 6.07) is 17.5. The molecule has 4 atom stereocenters. The van der Waals surface area contributed by atoms with Crippen LogP contribution in [-0.2, 0) is 14.3 Å². The van der Waals surface area contributed by atoms with Crippen molar-refractivity contribution in [1.29, 1.82) is 0 Å². The molecule has 0 radical (unpaired) electrons. The summed E-state index contributed by atoms with van der Waals surface area (Å²) in [7, 11) is 1.60. The average Bonchev–Trinajstić information content (AvgIpc) is 3.34. The first kappa shape index (κ1) is 21.7. The number of phenolic OH excluding ortho intramolecular Hbond substituents is 1. The van der Waals surface area contributed by atoms with Crippen molar-refractivity contribution in [3.8, 4) is 5.75 Å². The number of amides is 2. The molecule has 0 unspecified atom stereocenters. The van der Waals surface area contributed by atoms with Gasteiger partial charge in [0.25, 0.3) is 0 Å². The number of rotatable bonds is 5. The van der Waals surface area contributed by atoms with Crippen LogP contribution in [0.2, 0.25) is 0 Å². The molecule has 5 rings (SSSR count). The SMILES string of the molecule is CC1=C2[C@@H](CC/C(=C/c3ccc(O)cc3)c3ccccc3)OC[C@@H]2[C@@H]2C(=O)N(C)C(=O)[C@@H]2C1. The van der Waals surface area contributed by atoms with E-state index in [-0.39, 0.29) is 41.4 Å². The van der Waals surface area contributed by atoms with Crippen LogP contribution in [0.4, 0.5) is 0 Å². The van der Waals surface area contributed by atoms with Gasteiger partial charge in [0.1, 0.15) is 5.75 Å². The van der Waals surface area contributed by atoms with Crippen LogP contribution in [0.15, 0.2) is 65.7 Å². The summed E-state index contributed by atoms with van der Waals surface area (Å²) in [5.41, 5.74) is 5.85. The zero-order valence-corrected chi connectivity index (χ0v) is 19.0. The molecule has 0 spiro atoms. The lowest BCUT2D eigenvalue weighted by Gasteiger charge is -2.30. The number of allylic oxidation sites excluding steroid dienone is 2. The van der Waals surface area contributed by atoms with Crippen LogP contribution in [0.5, 0.6) is 5.75 Å². The Morgan fingerprint density at radius 3 is 2.52 bits per heavy atom. The van der Waals surface area contributed by atoms with Gasteiger partial charge >= 0.3 is 0 Å². The third-order valence-electron chi connectivity index (χ3n) is 7.43. The van der Waals surface area contributed by atoms with E-state index >= 15 is 0 Å². The molecule has 2 saturated heterocycles. The first-order chi connectivity index (χ1) is 15.9. The van der Waals surface area contributed by atoms with Crippen LogP contribution >= 0.6 is 0 Å². The van der Waals surface area contributed by atoms with E-state index in [9.17, 15) is 14.7 Å². The lowest BCUT2D eigenvalue weighted by Crippen LogP contribution is -2.33. The quantitative estimate of drug-likeness (QED) is 0.414. The van der Waals surface area contributed by atoms with Gasteiger partial charge in [-0.2, -0.15) is 0 Å². The van der Waals surface area contributed by atoms with Gasteiger partial charge in [-0.3, -0.25) is 14.5 Å². The molecular weight excluding hydrogens is 414 g/mol. The van der Waals surface area contributed by atoms with Gasteiger partial charge in [-0.1, -0.05) is 54.1 Å². The Balaban J connectivity index is 1.39. The van der Waals surface area contributed by atoms with Crippen molar-refractivity contribution in [2.24, 2.45) is 17.8 Å². The maximum Gasteiger partial charge on any atom is 0.233 e. The number of imide groups is 1. The third-order valence-corrected chi connectivity index (χ3v) is 7.43. The van der Waals surface area contributed by atoms with Gasteiger partial charge in [-0.15, -0.1) is 0 Å². The zero-order chi connectivity index (χ0) is 23.1.